The van der Waals surface area contributed by atoms with Crippen LogP contribution in [-0.2, 0) is 10.0 Å². The zero-order valence-corrected chi connectivity index (χ0v) is 15.1. The Morgan fingerprint density at radius 2 is 1.71 bits per heavy atom. The zero-order valence-electron chi connectivity index (χ0n) is 14.3. The summed E-state index contributed by atoms with van der Waals surface area (Å²) in [6.07, 6.45) is -6.04. The van der Waals surface area contributed by atoms with Crippen molar-refractivity contribution in [2.24, 2.45) is 0 Å². The summed E-state index contributed by atoms with van der Waals surface area (Å²) < 4.78 is 77.7. The molecule has 0 radical (unpaired) electrons. The predicted octanol–water partition coefficient (Wildman–Crippen LogP) is 2.37. The number of benzene rings is 2. The largest absolute Gasteiger partial charge is 0.573 e. The number of hydrogen-bond acceptors (Lipinski definition) is 6. The summed E-state index contributed by atoms with van der Waals surface area (Å²) in [6.45, 7) is 0.442. The van der Waals surface area contributed by atoms with Crippen molar-refractivity contribution in [1.82, 2.24) is 4.72 Å². The second-order valence-corrected chi connectivity index (χ2v) is 7.56. The van der Waals surface area contributed by atoms with Crippen molar-refractivity contribution >= 4 is 10.0 Å². The van der Waals surface area contributed by atoms with Crippen molar-refractivity contribution < 1.29 is 40.9 Å². The van der Waals surface area contributed by atoms with E-state index in [1.165, 1.54) is 0 Å². The van der Waals surface area contributed by atoms with Crippen LogP contribution in [0.3, 0.4) is 0 Å². The van der Waals surface area contributed by atoms with Crippen LogP contribution in [0.25, 0.3) is 0 Å². The number of aliphatic hydroxyl groups excluding tert-OH is 1. The first kappa shape index (κ1) is 20.2. The Balaban J connectivity index is 1.64. The maximum atomic E-state index is 12.3. The zero-order chi connectivity index (χ0) is 20.4. The van der Waals surface area contributed by atoms with E-state index >= 15 is 0 Å². The van der Waals surface area contributed by atoms with E-state index in [4.69, 9.17) is 9.47 Å². The lowest BCUT2D eigenvalue weighted by Gasteiger charge is -2.20. The van der Waals surface area contributed by atoms with Gasteiger partial charge in [-0.15, -0.1) is 13.2 Å². The number of rotatable bonds is 6. The highest BCUT2D eigenvalue weighted by molar-refractivity contribution is 7.89. The molecule has 0 saturated heterocycles. The van der Waals surface area contributed by atoms with Gasteiger partial charge in [0, 0.05) is 6.54 Å². The van der Waals surface area contributed by atoms with Gasteiger partial charge in [0.1, 0.15) is 19.0 Å². The quantitative estimate of drug-likeness (QED) is 0.747. The van der Waals surface area contributed by atoms with Gasteiger partial charge in [0.15, 0.2) is 11.5 Å². The van der Waals surface area contributed by atoms with E-state index in [2.05, 4.69) is 9.46 Å². The third-order valence-electron chi connectivity index (χ3n) is 3.79. The van der Waals surface area contributed by atoms with Gasteiger partial charge < -0.3 is 19.3 Å². The molecule has 0 bridgehead atoms. The van der Waals surface area contributed by atoms with Gasteiger partial charge in [-0.1, -0.05) is 6.07 Å². The Kier molecular flexibility index (Phi) is 5.68. The molecule has 0 amide bonds. The molecule has 0 unspecified atom stereocenters. The average molecular weight is 419 g/mol. The molecule has 2 aromatic rings. The SMILES string of the molecule is O=S(=O)(NC[C@@H](O)c1ccc2c(c1)OCCO2)c1ccc(OC(F)(F)F)cc1. The highest BCUT2D eigenvalue weighted by Gasteiger charge is 2.31. The molecule has 1 atom stereocenters. The molecular formula is C17H16F3NO6S. The molecule has 152 valence electrons. The van der Waals surface area contributed by atoms with Gasteiger partial charge in [0.25, 0.3) is 0 Å². The van der Waals surface area contributed by atoms with Gasteiger partial charge in [-0.3, -0.25) is 0 Å². The Bertz CT molecular complexity index is 931. The molecule has 0 saturated carbocycles. The fourth-order valence-electron chi connectivity index (χ4n) is 2.48. The van der Waals surface area contributed by atoms with Crippen molar-refractivity contribution in [3.05, 3.63) is 48.0 Å². The fraction of sp³-hybridized carbons (Fsp3) is 0.294. The minimum absolute atomic E-state index is 0.267. The Labute approximate surface area is 158 Å². The first-order valence-corrected chi connectivity index (χ1v) is 9.55. The third-order valence-corrected chi connectivity index (χ3v) is 5.22. The van der Waals surface area contributed by atoms with Crippen molar-refractivity contribution in [3.8, 4) is 17.2 Å². The van der Waals surface area contributed by atoms with Crippen LogP contribution < -0.4 is 18.9 Å². The molecule has 7 nitrogen and oxygen atoms in total. The van der Waals surface area contributed by atoms with Crippen LogP contribution in [0.5, 0.6) is 17.2 Å². The van der Waals surface area contributed by atoms with Crippen molar-refractivity contribution in [1.29, 1.82) is 0 Å². The van der Waals surface area contributed by atoms with Gasteiger partial charge in [-0.05, 0) is 42.0 Å². The van der Waals surface area contributed by atoms with Gasteiger partial charge in [0.2, 0.25) is 10.0 Å². The van der Waals surface area contributed by atoms with E-state index in [-0.39, 0.29) is 11.4 Å². The van der Waals surface area contributed by atoms with Crippen LogP contribution in [0.4, 0.5) is 13.2 Å². The van der Waals surface area contributed by atoms with E-state index in [1.807, 2.05) is 0 Å². The van der Waals surface area contributed by atoms with E-state index in [0.717, 1.165) is 24.3 Å². The molecule has 1 aliphatic rings. The first-order valence-electron chi connectivity index (χ1n) is 8.07. The summed E-state index contributed by atoms with van der Waals surface area (Å²) in [4.78, 5) is -0.267. The van der Waals surface area contributed by atoms with E-state index in [9.17, 15) is 26.7 Å². The molecule has 1 aliphatic heterocycles. The molecule has 2 N–H and O–H groups in total. The summed E-state index contributed by atoms with van der Waals surface area (Å²) >= 11 is 0. The van der Waals surface area contributed by atoms with Gasteiger partial charge in [-0.25, -0.2) is 13.1 Å². The first-order chi connectivity index (χ1) is 13.1. The highest BCUT2D eigenvalue weighted by atomic mass is 32.2. The molecule has 0 spiro atoms. The summed E-state index contributed by atoms with van der Waals surface area (Å²) in [6, 6.07) is 8.46. The van der Waals surface area contributed by atoms with Crippen LogP contribution in [0.1, 0.15) is 11.7 Å². The Hall–Kier alpha value is -2.50. The van der Waals surface area contributed by atoms with Crippen molar-refractivity contribution in [2.75, 3.05) is 19.8 Å². The second-order valence-electron chi connectivity index (χ2n) is 5.79. The molecule has 0 fully saturated rings. The number of aliphatic hydroxyl groups is 1. The van der Waals surface area contributed by atoms with E-state index < -0.39 is 28.2 Å². The maximum Gasteiger partial charge on any atom is 0.573 e. The summed E-state index contributed by atoms with van der Waals surface area (Å²) in [5.41, 5.74) is 0.417. The fourth-order valence-corrected chi connectivity index (χ4v) is 3.52. The number of fused-ring (bicyclic) bond motifs is 1. The number of halogens is 3. The normalized spacial score (nSPS) is 15.1. The van der Waals surface area contributed by atoms with Gasteiger partial charge in [-0.2, -0.15) is 0 Å². The number of ether oxygens (including phenoxy) is 3. The number of hydrogen-bond donors (Lipinski definition) is 2. The van der Waals surface area contributed by atoms with Crippen molar-refractivity contribution in [3.63, 3.8) is 0 Å². The molecule has 0 aromatic heterocycles. The summed E-state index contributed by atoms with van der Waals surface area (Å²) in [5.74, 6) is 0.442. The molecule has 1 heterocycles. The van der Waals surface area contributed by atoms with Gasteiger partial charge in [0.05, 0.1) is 11.0 Å². The lowest BCUT2D eigenvalue weighted by atomic mass is 10.1. The van der Waals surface area contributed by atoms with Crippen molar-refractivity contribution in [2.45, 2.75) is 17.4 Å². The molecule has 0 aliphatic carbocycles. The molecule has 11 heteroatoms. The lowest BCUT2D eigenvalue weighted by Crippen LogP contribution is -2.28. The molecule has 3 rings (SSSR count). The van der Waals surface area contributed by atoms with Crippen LogP contribution in [0.2, 0.25) is 0 Å². The molecular weight excluding hydrogens is 403 g/mol. The number of sulfonamides is 1. The highest BCUT2D eigenvalue weighted by Crippen LogP contribution is 2.32. The molecule has 28 heavy (non-hydrogen) atoms. The molecule has 2 aromatic carbocycles. The smallest absolute Gasteiger partial charge is 0.486 e. The van der Waals surface area contributed by atoms with E-state index in [1.54, 1.807) is 18.2 Å². The Morgan fingerprint density at radius 3 is 2.36 bits per heavy atom. The second kappa shape index (κ2) is 7.86. The number of alkyl halides is 3. The van der Waals surface area contributed by atoms with Crippen LogP contribution in [0, 0.1) is 0 Å². The van der Waals surface area contributed by atoms with Crippen LogP contribution in [0.15, 0.2) is 47.4 Å². The monoisotopic (exact) mass is 419 g/mol. The van der Waals surface area contributed by atoms with E-state index in [0.29, 0.717) is 30.3 Å². The summed E-state index contributed by atoms with van der Waals surface area (Å²) in [7, 11) is -4.04. The lowest BCUT2D eigenvalue weighted by molar-refractivity contribution is -0.274. The Morgan fingerprint density at radius 1 is 1.07 bits per heavy atom. The predicted molar refractivity (Wildman–Crippen MR) is 90.7 cm³/mol. The average Bonchev–Trinajstić information content (AvgIpc) is 2.65. The van der Waals surface area contributed by atoms with Gasteiger partial charge >= 0.3 is 6.36 Å². The summed E-state index contributed by atoms with van der Waals surface area (Å²) in [5, 5.41) is 10.2. The number of nitrogens with one attached hydrogen (secondary N) is 1. The standard InChI is InChI=1S/C17H16F3NO6S/c18-17(19,20)27-12-2-4-13(5-3-12)28(23,24)21-10-14(22)11-1-6-15-16(9-11)26-8-7-25-15/h1-6,9,14,21-22H,7-8,10H2/t14-/m1/s1. The minimum atomic E-state index is -4.87. The third kappa shape index (κ3) is 5.06. The van der Waals surface area contributed by atoms with Crippen LogP contribution >= 0.6 is 0 Å². The maximum absolute atomic E-state index is 12.3. The topological polar surface area (TPSA) is 94.1 Å². The van der Waals surface area contributed by atoms with Crippen LogP contribution in [-0.4, -0.2) is 39.6 Å². The minimum Gasteiger partial charge on any atom is -0.486 e.